The first-order valence-electron chi connectivity index (χ1n) is 7.36. The van der Waals surface area contributed by atoms with E-state index in [4.69, 9.17) is 0 Å². The van der Waals surface area contributed by atoms with Crippen LogP contribution in [0.2, 0.25) is 0 Å². The molecule has 1 amide bonds. The molecule has 0 spiro atoms. The van der Waals surface area contributed by atoms with Gasteiger partial charge in [-0.3, -0.25) is 4.79 Å². The van der Waals surface area contributed by atoms with Gasteiger partial charge in [0.2, 0.25) is 5.91 Å². The molecule has 2 rings (SSSR count). The summed E-state index contributed by atoms with van der Waals surface area (Å²) in [4.78, 5) is 14.3. The summed E-state index contributed by atoms with van der Waals surface area (Å²) in [5.74, 6) is 0.110. The molecule has 0 aromatic heterocycles. The molecule has 0 saturated carbocycles. The molecule has 1 aromatic rings. The van der Waals surface area contributed by atoms with Crippen molar-refractivity contribution >= 4 is 21.4 Å². The molecule has 0 fully saturated rings. The first kappa shape index (κ1) is 16.0. The highest BCUT2D eigenvalue weighted by atomic mass is 32.2. The Kier molecular flexibility index (Phi) is 4.71. The highest BCUT2D eigenvalue weighted by Gasteiger charge is 2.24. The maximum atomic E-state index is 12.4. The normalized spacial score (nSPS) is 14.9. The second-order valence-electron chi connectivity index (χ2n) is 5.97. The Morgan fingerprint density at radius 3 is 2.67 bits per heavy atom. The Labute approximate surface area is 127 Å². The summed E-state index contributed by atoms with van der Waals surface area (Å²) in [6.07, 6.45) is 3.87. The van der Waals surface area contributed by atoms with Gasteiger partial charge in [0, 0.05) is 24.9 Å². The van der Waals surface area contributed by atoms with Crippen LogP contribution < -0.4 is 4.90 Å². The largest absolute Gasteiger partial charge is 0.312 e. The van der Waals surface area contributed by atoms with E-state index in [-0.39, 0.29) is 11.7 Å². The standard InChI is InChI=1S/C16H23NO3S/c1-12-10-13(2)16-14(11-12)6-4-8-17(16)15(18)7-5-9-21(3,19)20/h10-11H,4-9H2,1-3H3. The average molecular weight is 309 g/mol. The van der Waals surface area contributed by atoms with E-state index in [9.17, 15) is 13.2 Å². The maximum Gasteiger partial charge on any atom is 0.227 e. The average Bonchev–Trinajstić information content (AvgIpc) is 2.35. The molecule has 116 valence electrons. The van der Waals surface area contributed by atoms with E-state index in [0.717, 1.165) is 30.6 Å². The number of hydrogen-bond acceptors (Lipinski definition) is 3. The third-order valence-electron chi connectivity index (χ3n) is 3.83. The molecular formula is C16H23NO3S. The van der Waals surface area contributed by atoms with Crippen molar-refractivity contribution in [3.05, 3.63) is 28.8 Å². The maximum absolute atomic E-state index is 12.4. The molecule has 1 aliphatic heterocycles. The summed E-state index contributed by atoms with van der Waals surface area (Å²) in [5, 5.41) is 0. The second-order valence-corrected chi connectivity index (χ2v) is 8.23. The van der Waals surface area contributed by atoms with Crippen molar-refractivity contribution in [3.8, 4) is 0 Å². The van der Waals surface area contributed by atoms with Gasteiger partial charge in [-0.15, -0.1) is 0 Å². The lowest BCUT2D eigenvalue weighted by molar-refractivity contribution is -0.118. The second kappa shape index (κ2) is 6.18. The number of nitrogens with zero attached hydrogens (tertiary/aromatic N) is 1. The minimum absolute atomic E-state index is 0.0338. The number of hydrogen-bond donors (Lipinski definition) is 0. The van der Waals surface area contributed by atoms with Crippen LogP contribution in [0.5, 0.6) is 0 Å². The van der Waals surface area contributed by atoms with Crippen molar-refractivity contribution in [3.63, 3.8) is 0 Å². The van der Waals surface area contributed by atoms with Gasteiger partial charge in [-0.25, -0.2) is 8.42 Å². The van der Waals surface area contributed by atoms with E-state index >= 15 is 0 Å². The quantitative estimate of drug-likeness (QED) is 0.858. The number of fused-ring (bicyclic) bond motifs is 1. The molecule has 0 aliphatic carbocycles. The third-order valence-corrected chi connectivity index (χ3v) is 4.86. The summed E-state index contributed by atoms with van der Waals surface area (Å²) in [6.45, 7) is 4.84. The Hall–Kier alpha value is -1.36. The van der Waals surface area contributed by atoms with Gasteiger partial charge in [-0.2, -0.15) is 0 Å². The van der Waals surface area contributed by atoms with E-state index in [0.29, 0.717) is 12.8 Å². The smallest absolute Gasteiger partial charge is 0.227 e. The van der Waals surface area contributed by atoms with Crippen LogP contribution in [0.3, 0.4) is 0 Å². The van der Waals surface area contributed by atoms with Gasteiger partial charge in [0.05, 0.1) is 5.75 Å². The van der Waals surface area contributed by atoms with Gasteiger partial charge < -0.3 is 4.90 Å². The van der Waals surface area contributed by atoms with Crippen LogP contribution in [0.15, 0.2) is 12.1 Å². The fraction of sp³-hybridized carbons (Fsp3) is 0.562. The van der Waals surface area contributed by atoms with Crippen molar-refractivity contribution in [1.29, 1.82) is 0 Å². The van der Waals surface area contributed by atoms with Crippen molar-refractivity contribution in [1.82, 2.24) is 0 Å². The molecule has 1 aliphatic rings. The zero-order valence-corrected chi connectivity index (χ0v) is 13.8. The van der Waals surface area contributed by atoms with Gasteiger partial charge in [0.15, 0.2) is 0 Å². The Balaban J connectivity index is 2.14. The molecule has 0 unspecified atom stereocenters. The van der Waals surface area contributed by atoms with E-state index in [1.807, 2.05) is 11.8 Å². The fourth-order valence-electron chi connectivity index (χ4n) is 3.03. The van der Waals surface area contributed by atoms with Crippen LogP contribution >= 0.6 is 0 Å². The molecule has 21 heavy (non-hydrogen) atoms. The molecule has 0 saturated heterocycles. The molecule has 1 heterocycles. The van der Waals surface area contributed by atoms with Crippen LogP contribution in [0, 0.1) is 13.8 Å². The predicted octanol–water partition coefficient (Wildman–Crippen LogP) is 2.41. The first-order valence-corrected chi connectivity index (χ1v) is 9.42. The number of aryl methyl sites for hydroxylation is 3. The van der Waals surface area contributed by atoms with Crippen molar-refractivity contribution < 1.29 is 13.2 Å². The zero-order valence-electron chi connectivity index (χ0n) is 13.0. The van der Waals surface area contributed by atoms with Crippen LogP contribution in [0.1, 0.15) is 36.0 Å². The van der Waals surface area contributed by atoms with Crippen molar-refractivity contribution in [2.24, 2.45) is 0 Å². The first-order chi connectivity index (χ1) is 9.78. The van der Waals surface area contributed by atoms with Gasteiger partial charge in [0.1, 0.15) is 9.84 Å². The number of carbonyl (C=O) groups is 1. The monoisotopic (exact) mass is 309 g/mol. The number of rotatable bonds is 4. The predicted molar refractivity (Wildman–Crippen MR) is 85.5 cm³/mol. The molecule has 5 heteroatoms. The lowest BCUT2D eigenvalue weighted by Gasteiger charge is -2.31. The molecule has 0 N–H and O–H groups in total. The minimum Gasteiger partial charge on any atom is -0.312 e. The molecule has 1 aromatic carbocycles. The van der Waals surface area contributed by atoms with Gasteiger partial charge in [-0.05, 0) is 44.2 Å². The summed E-state index contributed by atoms with van der Waals surface area (Å²) < 4.78 is 22.3. The molecule has 0 bridgehead atoms. The van der Waals surface area contributed by atoms with Crippen LogP contribution in [0.25, 0.3) is 0 Å². The van der Waals surface area contributed by atoms with E-state index < -0.39 is 9.84 Å². The fourth-order valence-corrected chi connectivity index (χ4v) is 3.70. The van der Waals surface area contributed by atoms with Crippen LogP contribution in [-0.4, -0.2) is 32.9 Å². The molecule has 4 nitrogen and oxygen atoms in total. The topological polar surface area (TPSA) is 54.5 Å². The van der Waals surface area contributed by atoms with Gasteiger partial charge in [0.25, 0.3) is 0 Å². The van der Waals surface area contributed by atoms with Crippen molar-refractivity contribution in [2.75, 3.05) is 23.5 Å². The summed E-state index contributed by atoms with van der Waals surface area (Å²) in [6, 6.07) is 4.25. The van der Waals surface area contributed by atoms with E-state index in [1.54, 1.807) is 0 Å². The van der Waals surface area contributed by atoms with Gasteiger partial charge in [-0.1, -0.05) is 17.7 Å². The third kappa shape index (κ3) is 4.06. The Morgan fingerprint density at radius 2 is 2.00 bits per heavy atom. The minimum atomic E-state index is -3.00. The number of anilines is 1. The molecular weight excluding hydrogens is 286 g/mol. The zero-order chi connectivity index (χ0) is 15.6. The summed E-state index contributed by atoms with van der Waals surface area (Å²) >= 11 is 0. The lowest BCUT2D eigenvalue weighted by atomic mass is 9.95. The number of sulfone groups is 1. The lowest BCUT2D eigenvalue weighted by Crippen LogP contribution is -2.36. The SMILES string of the molecule is Cc1cc(C)c2c(c1)CCCN2C(=O)CCCS(C)(=O)=O. The Bertz CT molecular complexity index is 650. The van der Waals surface area contributed by atoms with Crippen LogP contribution in [-0.2, 0) is 21.1 Å². The van der Waals surface area contributed by atoms with E-state index in [1.165, 1.54) is 17.4 Å². The number of benzene rings is 1. The Morgan fingerprint density at radius 1 is 1.29 bits per heavy atom. The summed E-state index contributed by atoms with van der Waals surface area (Å²) in [5.41, 5.74) is 4.62. The highest BCUT2D eigenvalue weighted by Crippen LogP contribution is 2.32. The number of carbonyl (C=O) groups excluding carboxylic acids is 1. The van der Waals surface area contributed by atoms with Crippen molar-refractivity contribution in [2.45, 2.75) is 39.5 Å². The van der Waals surface area contributed by atoms with Gasteiger partial charge >= 0.3 is 0 Å². The molecule has 0 radical (unpaired) electrons. The van der Waals surface area contributed by atoms with Crippen LogP contribution in [0.4, 0.5) is 5.69 Å². The molecule has 0 atom stereocenters. The van der Waals surface area contributed by atoms with E-state index in [2.05, 4.69) is 19.1 Å². The number of amides is 1. The highest BCUT2D eigenvalue weighted by molar-refractivity contribution is 7.90. The summed E-state index contributed by atoms with van der Waals surface area (Å²) in [7, 11) is -3.00.